The van der Waals surface area contributed by atoms with Crippen LogP contribution in [0.3, 0.4) is 0 Å². The summed E-state index contributed by atoms with van der Waals surface area (Å²) in [6.07, 6.45) is -3.06. The molecule has 1 amide bonds. The number of hydrogen-bond acceptors (Lipinski definition) is 3. The minimum absolute atomic E-state index is 0.364. The summed E-state index contributed by atoms with van der Waals surface area (Å²) in [6, 6.07) is 7.42. The van der Waals surface area contributed by atoms with Gasteiger partial charge in [0.05, 0.1) is 5.69 Å². The van der Waals surface area contributed by atoms with Gasteiger partial charge in [0.25, 0.3) is 11.5 Å². The Labute approximate surface area is 157 Å². The van der Waals surface area contributed by atoms with Gasteiger partial charge in [0.1, 0.15) is 11.3 Å². The molecule has 0 aliphatic rings. The third kappa shape index (κ3) is 3.90. The number of anilines is 1. The van der Waals surface area contributed by atoms with Crippen LogP contribution in [0.2, 0.25) is 0 Å². The van der Waals surface area contributed by atoms with Crippen molar-refractivity contribution in [1.82, 2.24) is 4.98 Å². The number of carbonyl (C=O) groups excluding carboxylic acids is 1. The van der Waals surface area contributed by atoms with Gasteiger partial charge in [-0.1, -0.05) is 25.5 Å². The van der Waals surface area contributed by atoms with Crippen LogP contribution in [0.15, 0.2) is 35.1 Å². The quantitative estimate of drug-likeness (QED) is 0.645. The Kier molecular flexibility index (Phi) is 5.10. The summed E-state index contributed by atoms with van der Waals surface area (Å²) in [4.78, 5) is 27.2. The molecule has 0 atom stereocenters. The molecule has 0 aliphatic heterocycles. The Morgan fingerprint density at radius 1 is 1.22 bits per heavy atom. The molecule has 0 spiro atoms. The zero-order valence-corrected chi connectivity index (χ0v) is 15.5. The topological polar surface area (TPSA) is 62.0 Å². The van der Waals surface area contributed by atoms with Crippen LogP contribution in [0.1, 0.15) is 39.8 Å². The zero-order chi connectivity index (χ0) is 19.8. The number of amides is 1. The fourth-order valence-corrected chi connectivity index (χ4v) is 4.15. The summed E-state index contributed by atoms with van der Waals surface area (Å²) in [5.74, 6) is -0.734. The predicted molar refractivity (Wildman–Crippen MR) is 101 cm³/mol. The number of nitrogens with one attached hydrogen (secondary N) is 2. The van der Waals surface area contributed by atoms with E-state index in [9.17, 15) is 22.8 Å². The number of pyridine rings is 1. The van der Waals surface area contributed by atoms with Crippen LogP contribution in [0, 0.1) is 6.92 Å². The second kappa shape index (κ2) is 7.19. The van der Waals surface area contributed by atoms with Crippen molar-refractivity contribution in [2.45, 2.75) is 32.9 Å². The smallest absolute Gasteiger partial charge is 0.320 e. The summed E-state index contributed by atoms with van der Waals surface area (Å²) in [7, 11) is 0. The van der Waals surface area contributed by atoms with E-state index in [0.29, 0.717) is 11.8 Å². The van der Waals surface area contributed by atoms with Gasteiger partial charge in [0, 0.05) is 15.0 Å². The number of halogens is 3. The number of aromatic nitrogens is 1. The number of carbonyl (C=O) groups is 1. The predicted octanol–water partition coefficient (Wildman–Crippen LogP) is 5.12. The number of aryl methyl sites for hydroxylation is 2. The first kappa shape index (κ1) is 19.2. The average molecular weight is 394 g/mol. The Hall–Kier alpha value is -2.61. The molecule has 0 fully saturated rings. The fraction of sp³-hybridized carbons (Fsp3) is 0.263. The number of thiophene rings is 1. The van der Waals surface area contributed by atoms with Gasteiger partial charge in [-0.05, 0) is 37.1 Å². The third-order valence-corrected chi connectivity index (χ3v) is 5.31. The molecule has 0 aliphatic carbocycles. The van der Waals surface area contributed by atoms with Crippen LogP contribution in [0.4, 0.5) is 18.9 Å². The number of rotatable bonds is 4. The van der Waals surface area contributed by atoms with Crippen molar-refractivity contribution in [3.63, 3.8) is 0 Å². The van der Waals surface area contributed by atoms with Crippen LogP contribution >= 0.6 is 11.3 Å². The molecule has 0 bridgehead atoms. The highest BCUT2D eigenvalue weighted by Gasteiger charge is 2.32. The normalized spacial score (nSPS) is 11.7. The van der Waals surface area contributed by atoms with Crippen LogP contribution < -0.4 is 10.9 Å². The van der Waals surface area contributed by atoms with E-state index in [0.717, 1.165) is 39.4 Å². The van der Waals surface area contributed by atoms with Crippen LogP contribution in [0.25, 0.3) is 10.1 Å². The molecule has 27 heavy (non-hydrogen) atoms. The summed E-state index contributed by atoms with van der Waals surface area (Å²) in [6.45, 7) is 3.99. The lowest BCUT2D eigenvalue weighted by atomic mass is 10.1. The minimum Gasteiger partial charge on any atom is -0.320 e. The molecule has 8 heteroatoms. The molecule has 2 aromatic heterocycles. The molecule has 3 aromatic rings. The van der Waals surface area contributed by atoms with E-state index in [1.807, 2.05) is 32.0 Å². The SMILES string of the molecule is CCCc1sc2cc(C)ccc2c1NC(=O)c1ccc(C(F)(F)F)[nH]c1=O. The lowest BCUT2D eigenvalue weighted by Gasteiger charge is -2.09. The first-order chi connectivity index (χ1) is 12.7. The number of fused-ring (bicyclic) bond motifs is 1. The van der Waals surface area contributed by atoms with Gasteiger partial charge >= 0.3 is 6.18 Å². The van der Waals surface area contributed by atoms with Crippen LogP contribution in [0.5, 0.6) is 0 Å². The van der Waals surface area contributed by atoms with E-state index in [2.05, 4.69) is 5.32 Å². The van der Waals surface area contributed by atoms with E-state index in [1.165, 1.54) is 0 Å². The molecule has 0 saturated heterocycles. The summed E-state index contributed by atoms with van der Waals surface area (Å²) in [5.41, 5.74) is -0.927. The summed E-state index contributed by atoms with van der Waals surface area (Å²) in [5, 5.41) is 3.58. The molecule has 2 N–H and O–H groups in total. The van der Waals surface area contributed by atoms with Gasteiger partial charge in [-0.3, -0.25) is 9.59 Å². The lowest BCUT2D eigenvalue weighted by molar-refractivity contribution is -0.141. The molecule has 1 aromatic carbocycles. The standard InChI is InChI=1S/C19H17F3N2O2S/c1-3-4-13-16(11-6-5-10(2)9-14(11)27-13)24-18(26)12-7-8-15(19(20,21)22)23-17(12)25/h5-9H,3-4H2,1-2H3,(H,23,25)(H,24,26). The number of aromatic amines is 1. The van der Waals surface area contributed by atoms with E-state index in [4.69, 9.17) is 0 Å². The Balaban J connectivity index is 1.99. The molecule has 0 unspecified atom stereocenters. The highest BCUT2D eigenvalue weighted by molar-refractivity contribution is 7.19. The van der Waals surface area contributed by atoms with Crippen LogP contribution in [-0.4, -0.2) is 10.9 Å². The third-order valence-electron chi connectivity index (χ3n) is 4.09. The van der Waals surface area contributed by atoms with Gasteiger partial charge in [-0.15, -0.1) is 11.3 Å². The molecule has 142 valence electrons. The molecule has 0 radical (unpaired) electrons. The maximum atomic E-state index is 12.7. The van der Waals surface area contributed by atoms with Crippen molar-refractivity contribution in [3.05, 3.63) is 62.4 Å². The molecule has 0 saturated carbocycles. The van der Waals surface area contributed by atoms with E-state index < -0.39 is 23.3 Å². The van der Waals surface area contributed by atoms with E-state index >= 15 is 0 Å². The van der Waals surface area contributed by atoms with Crippen molar-refractivity contribution < 1.29 is 18.0 Å². The van der Waals surface area contributed by atoms with E-state index in [1.54, 1.807) is 16.3 Å². The Morgan fingerprint density at radius 3 is 2.59 bits per heavy atom. The van der Waals surface area contributed by atoms with Gasteiger partial charge < -0.3 is 10.3 Å². The van der Waals surface area contributed by atoms with Crippen molar-refractivity contribution in [2.75, 3.05) is 5.32 Å². The lowest BCUT2D eigenvalue weighted by Crippen LogP contribution is -2.25. The van der Waals surface area contributed by atoms with Crippen molar-refractivity contribution in [2.24, 2.45) is 0 Å². The van der Waals surface area contributed by atoms with Crippen molar-refractivity contribution in [1.29, 1.82) is 0 Å². The molecular weight excluding hydrogens is 377 g/mol. The number of H-pyrrole nitrogens is 1. The second-order valence-corrected chi connectivity index (χ2v) is 7.35. The van der Waals surface area contributed by atoms with E-state index in [-0.39, 0.29) is 5.56 Å². The van der Waals surface area contributed by atoms with Gasteiger partial charge in [0.15, 0.2) is 0 Å². The number of benzene rings is 1. The zero-order valence-electron chi connectivity index (χ0n) is 14.7. The second-order valence-electron chi connectivity index (χ2n) is 6.22. The first-order valence-electron chi connectivity index (χ1n) is 8.34. The van der Waals surface area contributed by atoms with Gasteiger partial charge in [-0.25, -0.2) is 0 Å². The highest BCUT2D eigenvalue weighted by atomic mass is 32.1. The van der Waals surface area contributed by atoms with Gasteiger partial charge in [-0.2, -0.15) is 13.2 Å². The maximum Gasteiger partial charge on any atom is 0.431 e. The summed E-state index contributed by atoms with van der Waals surface area (Å²) >= 11 is 1.56. The molecular formula is C19H17F3N2O2S. The van der Waals surface area contributed by atoms with Gasteiger partial charge in [0.2, 0.25) is 0 Å². The average Bonchev–Trinajstić information content (AvgIpc) is 2.90. The van der Waals surface area contributed by atoms with Crippen molar-refractivity contribution >= 4 is 33.0 Å². The van der Waals surface area contributed by atoms with Crippen molar-refractivity contribution in [3.8, 4) is 0 Å². The molecule has 3 rings (SSSR count). The van der Waals surface area contributed by atoms with Crippen LogP contribution in [-0.2, 0) is 12.6 Å². The fourth-order valence-electron chi connectivity index (χ4n) is 2.79. The largest absolute Gasteiger partial charge is 0.431 e. The maximum absolute atomic E-state index is 12.7. The Bertz CT molecular complexity index is 1070. The Morgan fingerprint density at radius 2 is 1.96 bits per heavy atom. The highest BCUT2D eigenvalue weighted by Crippen LogP contribution is 2.37. The minimum atomic E-state index is -4.68. The first-order valence-corrected chi connectivity index (χ1v) is 9.16. The molecule has 4 nitrogen and oxygen atoms in total. The summed E-state index contributed by atoms with van der Waals surface area (Å²) < 4.78 is 39.1. The molecule has 2 heterocycles. The monoisotopic (exact) mass is 394 g/mol. The number of alkyl halides is 3. The number of hydrogen-bond donors (Lipinski definition) is 2.